The van der Waals surface area contributed by atoms with Crippen LogP contribution in [0.1, 0.15) is 23.6 Å². The molecule has 0 saturated carbocycles. The third-order valence-corrected chi connectivity index (χ3v) is 2.54. The molecular formula is C11H14ClN. The van der Waals surface area contributed by atoms with E-state index in [0.29, 0.717) is 0 Å². The van der Waals surface area contributed by atoms with Gasteiger partial charge in [-0.2, -0.15) is 0 Å². The summed E-state index contributed by atoms with van der Waals surface area (Å²) >= 11 is 5.98. The highest BCUT2D eigenvalue weighted by Crippen LogP contribution is 2.24. The molecule has 13 heavy (non-hydrogen) atoms. The first-order valence-corrected chi connectivity index (χ1v) is 4.66. The van der Waals surface area contributed by atoms with Crippen LogP contribution in [0.2, 0.25) is 5.02 Å². The lowest BCUT2D eigenvalue weighted by molar-refractivity contribution is 0.736. The highest BCUT2D eigenvalue weighted by atomic mass is 35.5. The summed E-state index contributed by atoms with van der Waals surface area (Å²) in [6.07, 6.45) is 2.60. The Morgan fingerprint density at radius 3 is 2.92 bits per heavy atom. The van der Waals surface area contributed by atoms with Crippen LogP contribution in [-0.4, -0.2) is 0 Å². The molecule has 70 valence electrons. The molecule has 0 fully saturated rings. The number of rotatable bonds is 3. The molecule has 1 aromatic rings. The number of nitrogens with two attached hydrogens (primary N) is 1. The topological polar surface area (TPSA) is 26.0 Å². The average molecular weight is 196 g/mol. The van der Waals surface area contributed by atoms with Crippen molar-refractivity contribution >= 4 is 11.6 Å². The molecule has 1 atom stereocenters. The Morgan fingerprint density at radius 2 is 2.31 bits per heavy atom. The van der Waals surface area contributed by atoms with Gasteiger partial charge in [0, 0.05) is 11.1 Å². The number of hydrogen-bond donors (Lipinski definition) is 1. The van der Waals surface area contributed by atoms with Gasteiger partial charge in [0.25, 0.3) is 0 Å². The van der Waals surface area contributed by atoms with Crippen LogP contribution in [0.15, 0.2) is 30.9 Å². The van der Waals surface area contributed by atoms with Crippen LogP contribution >= 0.6 is 11.6 Å². The number of halogens is 1. The third-order valence-electron chi connectivity index (χ3n) is 2.13. The second kappa shape index (κ2) is 4.45. The van der Waals surface area contributed by atoms with Crippen molar-refractivity contribution in [3.63, 3.8) is 0 Å². The van der Waals surface area contributed by atoms with Gasteiger partial charge in [0.15, 0.2) is 0 Å². The molecular weight excluding hydrogens is 182 g/mol. The van der Waals surface area contributed by atoms with E-state index in [1.165, 1.54) is 0 Å². The summed E-state index contributed by atoms with van der Waals surface area (Å²) in [6, 6.07) is 5.82. The zero-order chi connectivity index (χ0) is 9.84. The second-order valence-electron chi connectivity index (χ2n) is 3.08. The Bertz CT molecular complexity index is 307. The molecule has 0 aromatic heterocycles. The van der Waals surface area contributed by atoms with E-state index in [0.717, 1.165) is 22.6 Å². The van der Waals surface area contributed by atoms with E-state index in [2.05, 4.69) is 6.58 Å². The molecule has 0 unspecified atom stereocenters. The molecule has 0 radical (unpaired) electrons. The van der Waals surface area contributed by atoms with Crippen LogP contribution in [-0.2, 0) is 0 Å². The first-order valence-electron chi connectivity index (χ1n) is 4.28. The van der Waals surface area contributed by atoms with Gasteiger partial charge in [-0.3, -0.25) is 0 Å². The maximum atomic E-state index is 5.98. The van der Waals surface area contributed by atoms with Gasteiger partial charge in [-0.05, 0) is 30.5 Å². The Kier molecular flexibility index (Phi) is 3.52. The molecule has 2 heteroatoms. The maximum absolute atomic E-state index is 5.98. The summed E-state index contributed by atoms with van der Waals surface area (Å²) < 4.78 is 0. The monoisotopic (exact) mass is 195 g/mol. The first-order chi connectivity index (χ1) is 6.16. The van der Waals surface area contributed by atoms with Crippen molar-refractivity contribution in [1.82, 2.24) is 0 Å². The average Bonchev–Trinajstić information content (AvgIpc) is 2.10. The van der Waals surface area contributed by atoms with Crippen molar-refractivity contribution < 1.29 is 0 Å². The van der Waals surface area contributed by atoms with Gasteiger partial charge in [0.05, 0.1) is 0 Å². The van der Waals surface area contributed by atoms with Crippen molar-refractivity contribution in [2.24, 2.45) is 5.73 Å². The van der Waals surface area contributed by atoms with Gasteiger partial charge in [0.2, 0.25) is 0 Å². The zero-order valence-corrected chi connectivity index (χ0v) is 8.51. The Hall–Kier alpha value is -0.790. The Morgan fingerprint density at radius 1 is 1.62 bits per heavy atom. The van der Waals surface area contributed by atoms with E-state index < -0.39 is 0 Å². The summed E-state index contributed by atoms with van der Waals surface area (Å²) in [4.78, 5) is 0. The Labute approximate surface area is 84.2 Å². The minimum Gasteiger partial charge on any atom is -0.324 e. The van der Waals surface area contributed by atoms with E-state index in [-0.39, 0.29) is 6.04 Å². The van der Waals surface area contributed by atoms with Crippen LogP contribution in [0.3, 0.4) is 0 Å². The predicted molar refractivity (Wildman–Crippen MR) is 57.9 cm³/mol. The molecule has 0 bridgehead atoms. The molecule has 2 N–H and O–H groups in total. The number of benzene rings is 1. The minimum absolute atomic E-state index is 0.0104. The van der Waals surface area contributed by atoms with Gasteiger partial charge < -0.3 is 5.73 Å². The molecule has 0 aliphatic rings. The smallest absolute Gasteiger partial charge is 0.0438 e. The zero-order valence-electron chi connectivity index (χ0n) is 7.76. The van der Waals surface area contributed by atoms with E-state index in [9.17, 15) is 0 Å². The van der Waals surface area contributed by atoms with Crippen molar-refractivity contribution in [3.05, 3.63) is 47.0 Å². The number of hydrogen-bond acceptors (Lipinski definition) is 1. The van der Waals surface area contributed by atoms with Crippen LogP contribution < -0.4 is 5.73 Å². The van der Waals surface area contributed by atoms with E-state index in [1.807, 2.05) is 31.2 Å². The van der Waals surface area contributed by atoms with Crippen molar-refractivity contribution in [1.29, 1.82) is 0 Å². The van der Waals surface area contributed by atoms with Gasteiger partial charge in [-0.15, -0.1) is 6.58 Å². The normalized spacial score (nSPS) is 12.5. The van der Waals surface area contributed by atoms with E-state index in [4.69, 9.17) is 17.3 Å². The Balaban J connectivity index is 3.00. The maximum Gasteiger partial charge on any atom is 0.0438 e. The van der Waals surface area contributed by atoms with Gasteiger partial charge in [-0.25, -0.2) is 0 Å². The first kappa shape index (κ1) is 10.3. The third kappa shape index (κ3) is 2.33. The van der Waals surface area contributed by atoms with Gasteiger partial charge in [0.1, 0.15) is 0 Å². The van der Waals surface area contributed by atoms with E-state index >= 15 is 0 Å². The van der Waals surface area contributed by atoms with Gasteiger partial charge >= 0.3 is 0 Å². The van der Waals surface area contributed by atoms with E-state index in [1.54, 1.807) is 0 Å². The summed E-state index contributed by atoms with van der Waals surface area (Å²) in [5.41, 5.74) is 8.12. The molecule has 1 aromatic carbocycles. The predicted octanol–water partition coefficient (Wildman–Crippen LogP) is 3.22. The second-order valence-corrected chi connectivity index (χ2v) is 3.49. The highest BCUT2D eigenvalue weighted by molar-refractivity contribution is 6.31. The molecule has 0 aliphatic carbocycles. The fourth-order valence-corrected chi connectivity index (χ4v) is 1.51. The quantitative estimate of drug-likeness (QED) is 0.737. The largest absolute Gasteiger partial charge is 0.324 e. The summed E-state index contributed by atoms with van der Waals surface area (Å²) in [6.45, 7) is 5.65. The lowest BCUT2D eigenvalue weighted by Gasteiger charge is -2.13. The standard InChI is InChI=1S/C11H14ClN/c1-3-5-11(13)9-6-4-7-10(12)8(9)2/h3-4,6-7,11H,1,5,13H2,2H3/t11-/m0/s1. The molecule has 0 heterocycles. The molecule has 0 aliphatic heterocycles. The van der Waals surface area contributed by atoms with Crippen LogP contribution in [0.4, 0.5) is 0 Å². The highest BCUT2D eigenvalue weighted by Gasteiger charge is 2.08. The fraction of sp³-hybridized carbons (Fsp3) is 0.273. The van der Waals surface area contributed by atoms with Gasteiger partial charge in [-0.1, -0.05) is 29.8 Å². The van der Waals surface area contributed by atoms with Crippen molar-refractivity contribution in [2.45, 2.75) is 19.4 Å². The van der Waals surface area contributed by atoms with Crippen molar-refractivity contribution in [3.8, 4) is 0 Å². The molecule has 0 amide bonds. The summed E-state index contributed by atoms with van der Waals surface area (Å²) in [5, 5.41) is 0.775. The van der Waals surface area contributed by atoms with Crippen molar-refractivity contribution in [2.75, 3.05) is 0 Å². The minimum atomic E-state index is 0.0104. The summed E-state index contributed by atoms with van der Waals surface area (Å²) in [5.74, 6) is 0. The SMILES string of the molecule is C=CC[C@H](N)c1cccc(Cl)c1C. The van der Waals surface area contributed by atoms with Crippen LogP contribution in [0.5, 0.6) is 0 Å². The lowest BCUT2D eigenvalue weighted by Crippen LogP contribution is -2.10. The molecule has 1 nitrogen and oxygen atoms in total. The summed E-state index contributed by atoms with van der Waals surface area (Å²) in [7, 11) is 0. The van der Waals surface area contributed by atoms with Crippen LogP contribution in [0.25, 0.3) is 0 Å². The molecule has 0 saturated heterocycles. The van der Waals surface area contributed by atoms with Crippen LogP contribution in [0, 0.1) is 6.92 Å². The fourth-order valence-electron chi connectivity index (χ4n) is 1.33. The molecule has 0 spiro atoms. The molecule has 1 rings (SSSR count). The lowest BCUT2D eigenvalue weighted by atomic mass is 10.00.